The summed E-state index contributed by atoms with van der Waals surface area (Å²) in [5.74, 6) is -0.356. The zero-order valence-corrected chi connectivity index (χ0v) is 28.4. The Labute approximate surface area is 265 Å². The number of unbranched alkanes of at least 4 members (excludes halogenated alkanes) is 1. The van der Waals surface area contributed by atoms with E-state index in [1.165, 1.54) is 0 Å². The van der Waals surface area contributed by atoms with Crippen LogP contribution in [0.15, 0.2) is 42.5 Å². The van der Waals surface area contributed by atoms with Gasteiger partial charge in [-0.15, -0.1) is 0 Å². The lowest BCUT2D eigenvalue weighted by Gasteiger charge is -2.31. The molecule has 0 saturated carbocycles. The number of likely N-dealkylation sites (N-methyl/N-ethyl adjacent to an activating group) is 1. The zero-order valence-electron chi connectivity index (χ0n) is 28.4. The molecule has 246 valence electrons. The van der Waals surface area contributed by atoms with Crippen molar-refractivity contribution in [2.75, 3.05) is 20.6 Å². The number of fused-ring (bicyclic) bond motifs is 1. The van der Waals surface area contributed by atoms with Crippen molar-refractivity contribution in [2.45, 2.75) is 111 Å². The standard InChI is InChI=1S/C36H58N4O4/c1-9-11-19-30(38-36(44)32(40(7)8)21-28-17-14-16-27-15-12-13-18-29(27)28)35(43)39-31(20-24(3)4)33(41)22-26(10-2)34(42)37-23-25(5)6/h12-18,24-26,30-33,41H,9-11,19-23H2,1-8H3,(H,37,42)(H,38,44)(H,39,43)/t26?,30-,31-,32-,33-/m0/s1. The number of aliphatic hydroxyl groups excluding tert-OH is 1. The predicted molar refractivity (Wildman–Crippen MR) is 180 cm³/mol. The number of benzene rings is 2. The molecule has 2 rings (SSSR count). The van der Waals surface area contributed by atoms with Crippen molar-refractivity contribution < 1.29 is 19.5 Å². The van der Waals surface area contributed by atoms with E-state index in [0.717, 1.165) is 29.2 Å². The second kappa shape index (κ2) is 18.7. The second-order valence-electron chi connectivity index (χ2n) is 13.3. The second-order valence-corrected chi connectivity index (χ2v) is 13.3. The maximum Gasteiger partial charge on any atom is 0.242 e. The van der Waals surface area contributed by atoms with Crippen LogP contribution in [0, 0.1) is 17.8 Å². The van der Waals surface area contributed by atoms with Gasteiger partial charge in [0.25, 0.3) is 0 Å². The van der Waals surface area contributed by atoms with Gasteiger partial charge in [-0.05, 0) is 74.4 Å². The Morgan fingerprint density at radius 2 is 1.52 bits per heavy atom. The molecule has 0 aliphatic heterocycles. The number of carbonyl (C=O) groups excluding carboxylic acids is 3. The van der Waals surface area contributed by atoms with Crippen molar-refractivity contribution >= 4 is 28.5 Å². The molecule has 0 aliphatic carbocycles. The largest absolute Gasteiger partial charge is 0.391 e. The number of aliphatic hydroxyl groups is 1. The highest BCUT2D eigenvalue weighted by Crippen LogP contribution is 2.22. The molecule has 4 N–H and O–H groups in total. The van der Waals surface area contributed by atoms with Crippen molar-refractivity contribution in [1.29, 1.82) is 0 Å². The minimum Gasteiger partial charge on any atom is -0.391 e. The number of carbonyl (C=O) groups is 3. The molecule has 0 heterocycles. The molecule has 0 fully saturated rings. The van der Waals surface area contributed by atoms with Gasteiger partial charge in [-0.1, -0.05) is 96.8 Å². The summed E-state index contributed by atoms with van der Waals surface area (Å²) in [5.41, 5.74) is 1.08. The fourth-order valence-electron chi connectivity index (χ4n) is 5.60. The number of amides is 3. The smallest absolute Gasteiger partial charge is 0.242 e. The van der Waals surface area contributed by atoms with E-state index in [9.17, 15) is 19.5 Å². The van der Waals surface area contributed by atoms with Crippen LogP contribution in [0.5, 0.6) is 0 Å². The maximum atomic E-state index is 13.7. The van der Waals surface area contributed by atoms with E-state index < -0.39 is 24.2 Å². The van der Waals surface area contributed by atoms with Crippen LogP contribution < -0.4 is 16.0 Å². The number of hydrogen-bond donors (Lipinski definition) is 4. The molecule has 0 aromatic heterocycles. The fraction of sp³-hybridized carbons (Fsp3) is 0.639. The molecule has 0 spiro atoms. The van der Waals surface area contributed by atoms with Gasteiger partial charge in [-0.25, -0.2) is 0 Å². The number of rotatable bonds is 19. The lowest BCUT2D eigenvalue weighted by atomic mass is 9.90. The first-order valence-corrected chi connectivity index (χ1v) is 16.6. The van der Waals surface area contributed by atoms with Gasteiger partial charge < -0.3 is 21.1 Å². The summed E-state index contributed by atoms with van der Waals surface area (Å²) in [6.45, 7) is 12.8. The van der Waals surface area contributed by atoms with Crippen LogP contribution in [0.4, 0.5) is 0 Å². The van der Waals surface area contributed by atoms with Gasteiger partial charge in [0.15, 0.2) is 0 Å². The molecule has 44 heavy (non-hydrogen) atoms. The molecule has 1 unspecified atom stereocenters. The van der Waals surface area contributed by atoms with E-state index >= 15 is 0 Å². The highest BCUT2D eigenvalue weighted by molar-refractivity contribution is 5.91. The predicted octanol–water partition coefficient (Wildman–Crippen LogP) is 5.07. The van der Waals surface area contributed by atoms with Crippen LogP contribution in [0.2, 0.25) is 0 Å². The third-order valence-electron chi connectivity index (χ3n) is 8.29. The summed E-state index contributed by atoms with van der Waals surface area (Å²) in [7, 11) is 3.76. The van der Waals surface area contributed by atoms with E-state index in [4.69, 9.17) is 0 Å². The molecule has 5 atom stereocenters. The number of hydrogen-bond acceptors (Lipinski definition) is 5. The lowest BCUT2D eigenvalue weighted by molar-refractivity contribution is -0.132. The fourth-order valence-corrected chi connectivity index (χ4v) is 5.60. The topological polar surface area (TPSA) is 111 Å². The molecule has 3 amide bonds. The summed E-state index contributed by atoms with van der Waals surface area (Å²) in [6, 6.07) is 12.6. The summed E-state index contributed by atoms with van der Waals surface area (Å²) in [4.78, 5) is 42.2. The first-order chi connectivity index (χ1) is 20.9. The van der Waals surface area contributed by atoms with Gasteiger partial charge in [-0.3, -0.25) is 19.3 Å². The van der Waals surface area contributed by atoms with Gasteiger partial charge in [-0.2, -0.15) is 0 Å². The Balaban J connectivity index is 2.20. The number of nitrogens with zero attached hydrogens (tertiary/aromatic N) is 1. The highest BCUT2D eigenvalue weighted by atomic mass is 16.3. The van der Waals surface area contributed by atoms with Crippen molar-refractivity contribution in [1.82, 2.24) is 20.9 Å². The van der Waals surface area contributed by atoms with Crippen molar-refractivity contribution in [2.24, 2.45) is 17.8 Å². The molecule has 8 heteroatoms. The Morgan fingerprint density at radius 1 is 0.841 bits per heavy atom. The molecule has 2 aromatic rings. The molecule has 0 bridgehead atoms. The molecule has 8 nitrogen and oxygen atoms in total. The lowest BCUT2D eigenvalue weighted by Crippen LogP contribution is -2.56. The molecule has 0 aliphatic rings. The summed E-state index contributed by atoms with van der Waals surface area (Å²) in [5, 5.41) is 22.6. The summed E-state index contributed by atoms with van der Waals surface area (Å²) in [6.07, 6.45) is 3.20. The van der Waals surface area contributed by atoms with Gasteiger partial charge in [0, 0.05) is 12.5 Å². The van der Waals surface area contributed by atoms with Gasteiger partial charge in [0.05, 0.1) is 18.2 Å². The van der Waals surface area contributed by atoms with E-state index in [2.05, 4.69) is 47.1 Å². The third kappa shape index (κ3) is 11.8. The molecule has 0 radical (unpaired) electrons. The highest BCUT2D eigenvalue weighted by Gasteiger charge is 2.32. The first kappa shape index (κ1) is 37.2. The zero-order chi connectivity index (χ0) is 32.8. The van der Waals surface area contributed by atoms with Crippen LogP contribution in [-0.4, -0.2) is 72.6 Å². The Bertz CT molecular complexity index is 1180. The van der Waals surface area contributed by atoms with E-state index in [-0.39, 0.29) is 36.0 Å². The van der Waals surface area contributed by atoms with Crippen LogP contribution in [0.3, 0.4) is 0 Å². The summed E-state index contributed by atoms with van der Waals surface area (Å²) < 4.78 is 0. The first-order valence-electron chi connectivity index (χ1n) is 16.6. The molecule has 2 aromatic carbocycles. The van der Waals surface area contributed by atoms with Gasteiger partial charge >= 0.3 is 0 Å². The van der Waals surface area contributed by atoms with Crippen LogP contribution in [0.1, 0.15) is 85.6 Å². The van der Waals surface area contributed by atoms with Crippen molar-refractivity contribution in [3.8, 4) is 0 Å². The van der Waals surface area contributed by atoms with Crippen molar-refractivity contribution in [3.63, 3.8) is 0 Å². The van der Waals surface area contributed by atoms with Crippen LogP contribution in [0.25, 0.3) is 10.8 Å². The average molecular weight is 611 g/mol. The Morgan fingerprint density at radius 3 is 2.14 bits per heavy atom. The van der Waals surface area contributed by atoms with E-state index in [1.807, 2.05) is 71.8 Å². The van der Waals surface area contributed by atoms with E-state index in [1.54, 1.807) is 0 Å². The third-order valence-corrected chi connectivity index (χ3v) is 8.29. The average Bonchev–Trinajstić information content (AvgIpc) is 2.98. The molecule has 0 saturated heterocycles. The van der Waals surface area contributed by atoms with Crippen LogP contribution in [-0.2, 0) is 20.8 Å². The monoisotopic (exact) mass is 610 g/mol. The number of nitrogens with one attached hydrogen (secondary N) is 3. The van der Waals surface area contributed by atoms with Gasteiger partial charge in [0.2, 0.25) is 17.7 Å². The summed E-state index contributed by atoms with van der Waals surface area (Å²) >= 11 is 0. The molecular formula is C36H58N4O4. The Hall–Kier alpha value is -2.97. The van der Waals surface area contributed by atoms with E-state index in [0.29, 0.717) is 38.1 Å². The SMILES string of the molecule is CCCC[C@H](NC(=O)[C@H](Cc1cccc2ccccc12)N(C)C)C(=O)N[C@@H](CC(C)C)[C@@H](O)CC(CC)C(=O)NCC(C)C. The molecular weight excluding hydrogens is 552 g/mol. The minimum absolute atomic E-state index is 0.0659. The maximum absolute atomic E-state index is 13.7. The van der Waals surface area contributed by atoms with Gasteiger partial charge in [0.1, 0.15) is 6.04 Å². The minimum atomic E-state index is -0.889. The Kier molecular flexibility index (Phi) is 15.9. The van der Waals surface area contributed by atoms with Crippen molar-refractivity contribution in [3.05, 3.63) is 48.0 Å². The normalized spacial score (nSPS) is 15.2. The quantitative estimate of drug-likeness (QED) is 0.178. The van der Waals surface area contributed by atoms with Crippen LogP contribution >= 0.6 is 0 Å².